The third-order valence-corrected chi connectivity index (χ3v) is 8.47. The van der Waals surface area contributed by atoms with Crippen LogP contribution in [0.25, 0.3) is 0 Å². The van der Waals surface area contributed by atoms with Gasteiger partial charge in [0.15, 0.2) is 0 Å². The first-order valence-corrected chi connectivity index (χ1v) is 14.3. The molecule has 0 unspecified atom stereocenters. The normalized spacial score (nSPS) is 33.9. The van der Waals surface area contributed by atoms with E-state index >= 15 is 0 Å². The minimum Gasteiger partial charge on any atom is -0.460 e. The Balaban J connectivity index is 1.66. The Bertz CT molecular complexity index is 1260. The van der Waals surface area contributed by atoms with Gasteiger partial charge in [0.05, 0.1) is 31.2 Å². The van der Waals surface area contributed by atoms with Crippen LogP contribution in [0.5, 0.6) is 0 Å². The number of carbonyl (C=O) groups excluding carboxylic acids is 4. The second kappa shape index (κ2) is 11.1. The van der Waals surface area contributed by atoms with Gasteiger partial charge < -0.3 is 29.7 Å². The van der Waals surface area contributed by atoms with Crippen LogP contribution in [0.4, 0.5) is 0 Å². The van der Waals surface area contributed by atoms with E-state index in [9.17, 15) is 24.3 Å². The van der Waals surface area contributed by atoms with Gasteiger partial charge in [0.2, 0.25) is 17.7 Å². The summed E-state index contributed by atoms with van der Waals surface area (Å²) in [4.78, 5) is 58.1. The Morgan fingerprint density at radius 3 is 2.51 bits per heavy atom. The van der Waals surface area contributed by atoms with E-state index in [4.69, 9.17) is 9.47 Å². The number of benzene rings is 1. The summed E-state index contributed by atoms with van der Waals surface area (Å²) in [7, 11) is 0. The summed E-state index contributed by atoms with van der Waals surface area (Å²) < 4.78 is 12.4. The summed E-state index contributed by atoms with van der Waals surface area (Å²) in [5, 5.41) is 13.4. The van der Waals surface area contributed by atoms with Gasteiger partial charge in [-0.05, 0) is 39.7 Å². The number of esters is 1. The maximum absolute atomic E-state index is 14.6. The molecule has 0 aliphatic carbocycles. The highest BCUT2D eigenvalue weighted by molar-refractivity contribution is 5.99. The predicted octanol–water partition coefficient (Wildman–Crippen LogP) is 1.90. The van der Waals surface area contributed by atoms with E-state index in [0.29, 0.717) is 18.5 Å². The summed E-state index contributed by atoms with van der Waals surface area (Å²) in [5.41, 5.74) is -1.36. The third-order valence-electron chi connectivity index (χ3n) is 8.47. The largest absolute Gasteiger partial charge is 0.460 e. The van der Waals surface area contributed by atoms with Crippen LogP contribution >= 0.6 is 0 Å². The molecule has 0 radical (unpaired) electrons. The van der Waals surface area contributed by atoms with Crippen LogP contribution in [0, 0.1) is 11.8 Å². The molecule has 4 aliphatic rings. The Morgan fingerprint density at radius 1 is 1.10 bits per heavy atom. The van der Waals surface area contributed by atoms with Crippen LogP contribution in [0.3, 0.4) is 0 Å². The minimum atomic E-state index is -1.47. The van der Waals surface area contributed by atoms with Crippen molar-refractivity contribution in [2.45, 2.75) is 76.0 Å². The number of likely N-dealkylation sites (tertiary alicyclic amines) is 1. The molecule has 0 aromatic heterocycles. The Hall–Kier alpha value is -3.50. The maximum Gasteiger partial charge on any atom is 0.313 e. The summed E-state index contributed by atoms with van der Waals surface area (Å²) in [5.74, 6) is -3.63. The van der Waals surface area contributed by atoms with Gasteiger partial charge in [-0.25, -0.2) is 0 Å². The highest BCUT2D eigenvalue weighted by Crippen LogP contribution is 2.55. The van der Waals surface area contributed by atoms with Crippen molar-refractivity contribution in [2.24, 2.45) is 11.8 Å². The number of amides is 3. The number of nitrogens with one attached hydrogen (secondary N) is 1. The van der Waals surface area contributed by atoms with Gasteiger partial charge in [0, 0.05) is 18.5 Å². The van der Waals surface area contributed by atoms with Gasteiger partial charge >= 0.3 is 5.97 Å². The quantitative estimate of drug-likeness (QED) is 0.424. The van der Waals surface area contributed by atoms with Crippen LogP contribution in [0.2, 0.25) is 0 Å². The molecule has 3 amide bonds. The summed E-state index contributed by atoms with van der Waals surface area (Å²) in [6.45, 7) is 7.48. The molecule has 220 valence electrons. The van der Waals surface area contributed by atoms with E-state index in [1.807, 2.05) is 45.0 Å². The smallest absolute Gasteiger partial charge is 0.313 e. The van der Waals surface area contributed by atoms with Crippen molar-refractivity contribution in [3.63, 3.8) is 0 Å². The van der Waals surface area contributed by atoms with Crippen molar-refractivity contribution in [2.75, 3.05) is 19.7 Å². The van der Waals surface area contributed by atoms with Gasteiger partial charge in [-0.2, -0.15) is 0 Å². The number of allylic oxidation sites excluding steroid dienone is 1. The number of ether oxygens (including phenoxy) is 2. The average molecular weight is 566 g/mol. The maximum atomic E-state index is 14.6. The lowest BCUT2D eigenvalue weighted by molar-refractivity contribution is -0.160. The van der Waals surface area contributed by atoms with Crippen LogP contribution in [0.1, 0.15) is 52.1 Å². The molecule has 1 aromatic rings. The summed E-state index contributed by atoms with van der Waals surface area (Å²) in [6.07, 6.45) is 6.28. The molecule has 7 atom stereocenters. The summed E-state index contributed by atoms with van der Waals surface area (Å²) in [6, 6.07) is 7.12. The summed E-state index contributed by atoms with van der Waals surface area (Å²) >= 11 is 0. The average Bonchev–Trinajstić information content (AvgIpc) is 3.30. The number of hydrogen-bond acceptors (Lipinski definition) is 7. The van der Waals surface area contributed by atoms with E-state index in [-0.39, 0.29) is 24.8 Å². The number of nitrogens with zero attached hydrogens (tertiary/aromatic N) is 2. The standard InChI is InChI=1S/C31H39N3O7/c1-19-17-32-23(36)14-9-8-13-22-24(29(39)40-19)25-27(37)34(21(18-35)20-11-6-5-7-12-20)26-28(38)33(30(2,3)4)16-10-15-31(25,26)41-22/h5-8,10-13,15,19,21-22,24-26,35H,9,14,16-18H2,1-4H3,(H,32,36)/b13-8-/t19-,21+,22-,24+,25+,26-,31+/m0/s1. The van der Waals surface area contributed by atoms with Crippen LogP contribution < -0.4 is 5.32 Å². The number of fused-ring (bicyclic) bond motifs is 2. The van der Waals surface area contributed by atoms with Gasteiger partial charge in [-0.3, -0.25) is 19.2 Å². The van der Waals surface area contributed by atoms with Crippen molar-refractivity contribution in [1.29, 1.82) is 0 Å². The lowest BCUT2D eigenvalue weighted by Crippen LogP contribution is -2.59. The molecule has 4 aliphatic heterocycles. The third kappa shape index (κ3) is 5.08. The SMILES string of the molecule is C[C@H]1CNC(=O)CC/C=C\[C@@H]2O[C@@]34C=CCN(C(C)(C)C)C(=O)[C@@H]3N([C@H](CO)c3ccccc3)C(=O)[C@H]4[C@@H]2C(=O)O1. The molecule has 0 saturated carbocycles. The Labute approximate surface area is 240 Å². The Kier molecular flexibility index (Phi) is 7.82. The van der Waals surface area contributed by atoms with Crippen LogP contribution in [-0.4, -0.2) is 87.7 Å². The molecular weight excluding hydrogens is 526 g/mol. The molecule has 0 bridgehead atoms. The second-order valence-electron chi connectivity index (χ2n) is 12.2. The van der Waals surface area contributed by atoms with E-state index in [1.165, 1.54) is 4.90 Å². The van der Waals surface area contributed by atoms with E-state index in [1.54, 1.807) is 42.2 Å². The number of aliphatic hydroxyl groups excluding tert-OH is 1. The van der Waals surface area contributed by atoms with E-state index in [0.717, 1.165) is 0 Å². The molecule has 2 fully saturated rings. The number of aliphatic hydroxyl groups is 1. The number of rotatable bonds is 3. The number of carbonyl (C=O) groups is 4. The van der Waals surface area contributed by atoms with Gasteiger partial charge in [-0.1, -0.05) is 54.6 Å². The molecule has 5 rings (SSSR count). The molecule has 41 heavy (non-hydrogen) atoms. The van der Waals surface area contributed by atoms with Crippen molar-refractivity contribution >= 4 is 23.7 Å². The number of cyclic esters (lactones) is 1. The molecular formula is C31H39N3O7. The van der Waals surface area contributed by atoms with Crippen LogP contribution in [0.15, 0.2) is 54.6 Å². The minimum absolute atomic E-state index is 0.143. The predicted molar refractivity (Wildman–Crippen MR) is 149 cm³/mol. The lowest BCUT2D eigenvalue weighted by Gasteiger charge is -2.42. The fourth-order valence-corrected chi connectivity index (χ4v) is 6.57. The fourth-order valence-electron chi connectivity index (χ4n) is 6.57. The van der Waals surface area contributed by atoms with Crippen molar-refractivity contribution in [1.82, 2.24) is 15.1 Å². The molecule has 2 N–H and O–H groups in total. The Morgan fingerprint density at radius 2 is 1.83 bits per heavy atom. The number of hydrogen-bond donors (Lipinski definition) is 2. The van der Waals surface area contributed by atoms with Crippen molar-refractivity contribution in [3.05, 3.63) is 60.2 Å². The molecule has 10 nitrogen and oxygen atoms in total. The zero-order chi connectivity index (χ0) is 29.5. The molecule has 2 saturated heterocycles. The highest BCUT2D eigenvalue weighted by atomic mass is 16.6. The topological polar surface area (TPSA) is 125 Å². The molecule has 10 heteroatoms. The second-order valence-corrected chi connectivity index (χ2v) is 12.2. The zero-order valence-electron chi connectivity index (χ0n) is 24.0. The lowest BCUT2D eigenvalue weighted by atomic mass is 9.77. The monoisotopic (exact) mass is 565 g/mol. The molecule has 1 aromatic carbocycles. The molecule has 1 spiro atoms. The fraction of sp³-hybridized carbons (Fsp3) is 0.548. The van der Waals surface area contributed by atoms with Gasteiger partial charge in [0.1, 0.15) is 23.7 Å². The van der Waals surface area contributed by atoms with Gasteiger partial charge in [0.25, 0.3) is 0 Å². The first kappa shape index (κ1) is 29.0. The first-order valence-electron chi connectivity index (χ1n) is 14.3. The highest BCUT2D eigenvalue weighted by Gasteiger charge is 2.73. The van der Waals surface area contributed by atoms with Gasteiger partial charge in [-0.15, -0.1) is 0 Å². The van der Waals surface area contributed by atoms with Crippen LogP contribution in [-0.2, 0) is 28.7 Å². The van der Waals surface area contributed by atoms with E-state index in [2.05, 4.69) is 5.32 Å². The van der Waals surface area contributed by atoms with Crippen molar-refractivity contribution < 1.29 is 33.8 Å². The first-order chi connectivity index (χ1) is 19.5. The zero-order valence-corrected chi connectivity index (χ0v) is 24.0. The van der Waals surface area contributed by atoms with Crippen molar-refractivity contribution in [3.8, 4) is 0 Å². The van der Waals surface area contributed by atoms with E-state index < -0.39 is 65.8 Å². The molecule has 4 heterocycles.